The van der Waals surface area contributed by atoms with Crippen molar-refractivity contribution in [1.29, 1.82) is 0 Å². The predicted octanol–water partition coefficient (Wildman–Crippen LogP) is 2.19. The highest BCUT2D eigenvalue weighted by molar-refractivity contribution is 6.76. The molecule has 0 aliphatic carbocycles. The molecule has 0 atom stereocenters. The highest BCUT2D eigenvalue weighted by Gasteiger charge is 2.34. The van der Waals surface area contributed by atoms with Gasteiger partial charge in [0.25, 0.3) is 11.8 Å². The van der Waals surface area contributed by atoms with Crippen LogP contribution < -0.4 is 0 Å². The van der Waals surface area contributed by atoms with Gasteiger partial charge in [0.2, 0.25) is 0 Å². The molecule has 0 radical (unpaired) electrons. The standard InChI is InChI=1S/C16H23NO4Si/c1-22(2,3)12-21-11-10-20-9-8-17-15(18)13-6-4-5-7-14(13)16(17)19/h4-7H,8-12H2,1-3H3. The highest BCUT2D eigenvalue weighted by Crippen LogP contribution is 2.21. The topological polar surface area (TPSA) is 55.8 Å². The van der Waals surface area contributed by atoms with Crippen LogP contribution in [0.4, 0.5) is 0 Å². The van der Waals surface area contributed by atoms with Crippen molar-refractivity contribution in [3.05, 3.63) is 35.4 Å². The SMILES string of the molecule is C[Si](C)(C)COCCOCCN1C(=O)c2ccccc2C1=O. The molecule has 0 unspecified atom stereocenters. The summed E-state index contributed by atoms with van der Waals surface area (Å²) in [6, 6.07) is 6.89. The third kappa shape index (κ3) is 4.25. The van der Waals surface area contributed by atoms with E-state index in [0.29, 0.717) is 30.9 Å². The Hall–Kier alpha value is -1.50. The zero-order valence-corrected chi connectivity index (χ0v) is 14.4. The molecule has 0 fully saturated rings. The molecular formula is C16H23NO4Si. The molecule has 0 saturated heterocycles. The number of hydrogen-bond acceptors (Lipinski definition) is 4. The predicted molar refractivity (Wildman–Crippen MR) is 86.8 cm³/mol. The molecule has 0 saturated carbocycles. The van der Waals surface area contributed by atoms with Crippen LogP contribution in [0.2, 0.25) is 19.6 Å². The van der Waals surface area contributed by atoms with Crippen molar-refractivity contribution in [2.24, 2.45) is 0 Å². The van der Waals surface area contributed by atoms with E-state index in [1.54, 1.807) is 24.3 Å². The number of carbonyl (C=O) groups is 2. The minimum atomic E-state index is -1.18. The minimum absolute atomic E-state index is 0.237. The molecule has 2 amide bonds. The van der Waals surface area contributed by atoms with Crippen LogP contribution in [0.1, 0.15) is 20.7 Å². The second kappa shape index (κ2) is 7.17. The number of rotatable bonds is 8. The van der Waals surface area contributed by atoms with Crippen LogP contribution in [-0.2, 0) is 9.47 Å². The lowest BCUT2D eigenvalue weighted by atomic mass is 10.1. The van der Waals surface area contributed by atoms with E-state index < -0.39 is 8.07 Å². The first-order chi connectivity index (χ1) is 10.4. The fourth-order valence-electron chi connectivity index (χ4n) is 2.20. The Labute approximate surface area is 132 Å². The molecule has 6 heteroatoms. The van der Waals surface area contributed by atoms with Crippen LogP contribution in [0.5, 0.6) is 0 Å². The number of amides is 2. The van der Waals surface area contributed by atoms with Gasteiger partial charge in [0.1, 0.15) is 0 Å². The molecule has 1 aliphatic rings. The molecule has 2 rings (SSSR count). The number of imide groups is 1. The molecule has 1 aromatic carbocycles. The minimum Gasteiger partial charge on any atom is -0.382 e. The summed E-state index contributed by atoms with van der Waals surface area (Å²) in [5.74, 6) is -0.474. The number of nitrogens with zero attached hydrogens (tertiary/aromatic N) is 1. The maximum atomic E-state index is 12.1. The van der Waals surface area contributed by atoms with Crippen molar-refractivity contribution < 1.29 is 19.1 Å². The van der Waals surface area contributed by atoms with Crippen molar-refractivity contribution in [3.8, 4) is 0 Å². The summed E-state index contributed by atoms with van der Waals surface area (Å²) in [6.45, 7) is 8.38. The lowest BCUT2D eigenvalue weighted by Gasteiger charge is -2.16. The molecule has 0 bridgehead atoms. The van der Waals surface area contributed by atoms with Crippen LogP contribution >= 0.6 is 0 Å². The first kappa shape index (κ1) is 16.9. The second-order valence-corrected chi connectivity index (χ2v) is 11.9. The van der Waals surface area contributed by atoms with Gasteiger partial charge in [-0.25, -0.2) is 0 Å². The quantitative estimate of drug-likeness (QED) is 0.418. The van der Waals surface area contributed by atoms with Gasteiger partial charge in [-0.2, -0.15) is 0 Å². The van der Waals surface area contributed by atoms with Crippen LogP contribution in [0.3, 0.4) is 0 Å². The van der Waals surface area contributed by atoms with Gasteiger partial charge in [0, 0.05) is 6.23 Å². The van der Waals surface area contributed by atoms with Crippen molar-refractivity contribution in [1.82, 2.24) is 4.90 Å². The molecule has 22 heavy (non-hydrogen) atoms. The fraction of sp³-hybridized carbons (Fsp3) is 0.500. The monoisotopic (exact) mass is 321 g/mol. The van der Waals surface area contributed by atoms with Gasteiger partial charge < -0.3 is 9.47 Å². The third-order valence-corrected chi connectivity index (χ3v) is 4.31. The van der Waals surface area contributed by atoms with Crippen LogP contribution in [0, 0.1) is 0 Å². The first-order valence-corrected chi connectivity index (χ1v) is 11.2. The van der Waals surface area contributed by atoms with Gasteiger partial charge in [-0.05, 0) is 12.1 Å². The molecule has 0 aromatic heterocycles. The Morgan fingerprint density at radius 3 is 2.00 bits per heavy atom. The molecule has 1 aliphatic heterocycles. The van der Waals surface area contributed by atoms with Gasteiger partial charge in [-0.15, -0.1) is 0 Å². The molecule has 5 nitrogen and oxygen atoms in total. The lowest BCUT2D eigenvalue weighted by Crippen LogP contribution is -2.33. The van der Waals surface area contributed by atoms with E-state index in [9.17, 15) is 9.59 Å². The number of hydrogen-bond donors (Lipinski definition) is 0. The van der Waals surface area contributed by atoms with E-state index in [1.165, 1.54) is 4.90 Å². The maximum absolute atomic E-state index is 12.1. The number of carbonyl (C=O) groups excluding carboxylic acids is 2. The molecular weight excluding hydrogens is 298 g/mol. The fourth-order valence-corrected chi connectivity index (χ4v) is 2.95. The van der Waals surface area contributed by atoms with E-state index in [0.717, 1.165) is 6.23 Å². The zero-order valence-electron chi connectivity index (χ0n) is 13.4. The summed E-state index contributed by atoms with van der Waals surface area (Å²) in [6.07, 6.45) is 0.814. The third-order valence-electron chi connectivity index (χ3n) is 3.24. The molecule has 0 N–H and O–H groups in total. The van der Waals surface area contributed by atoms with Gasteiger partial charge >= 0.3 is 0 Å². The first-order valence-electron chi connectivity index (χ1n) is 7.51. The van der Waals surface area contributed by atoms with E-state index in [4.69, 9.17) is 9.47 Å². The van der Waals surface area contributed by atoms with Crippen LogP contribution in [0.25, 0.3) is 0 Å². The highest BCUT2D eigenvalue weighted by atomic mass is 28.3. The van der Waals surface area contributed by atoms with Gasteiger partial charge in [-0.1, -0.05) is 31.8 Å². The largest absolute Gasteiger partial charge is 0.382 e. The van der Waals surface area contributed by atoms with Gasteiger partial charge in [-0.3, -0.25) is 14.5 Å². The summed E-state index contributed by atoms with van der Waals surface area (Å²) >= 11 is 0. The Balaban J connectivity index is 1.69. The molecule has 1 heterocycles. The molecule has 120 valence electrons. The van der Waals surface area contributed by atoms with E-state index in [-0.39, 0.29) is 18.4 Å². The van der Waals surface area contributed by atoms with Crippen LogP contribution in [0.15, 0.2) is 24.3 Å². The van der Waals surface area contributed by atoms with E-state index >= 15 is 0 Å². The summed E-state index contributed by atoms with van der Waals surface area (Å²) in [7, 11) is -1.18. The van der Waals surface area contributed by atoms with Gasteiger partial charge in [0.15, 0.2) is 0 Å². The Morgan fingerprint density at radius 2 is 1.45 bits per heavy atom. The number of benzene rings is 1. The Morgan fingerprint density at radius 1 is 0.909 bits per heavy atom. The lowest BCUT2D eigenvalue weighted by molar-refractivity contribution is 0.0428. The summed E-state index contributed by atoms with van der Waals surface area (Å²) < 4.78 is 11.0. The number of ether oxygens (including phenoxy) is 2. The summed E-state index contributed by atoms with van der Waals surface area (Å²) in [4.78, 5) is 25.5. The summed E-state index contributed by atoms with van der Waals surface area (Å²) in [5.41, 5.74) is 0.955. The second-order valence-electron chi connectivity index (χ2n) is 6.53. The van der Waals surface area contributed by atoms with Crippen molar-refractivity contribution in [2.45, 2.75) is 19.6 Å². The maximum Gasteiger partial charge on any atom is 0.261 e. The molecule has 1 aromatic rings. The van der Waals surface area contributed by atoms with Crippen LogP contribution in [-0.4, -0.2) is 57.4 Å². The normalized spacial score (nSPS) is 14.6. The Bertz CT molecular complexity index is 518. The van der Waals surface area contributed by atoms with Crippen molar-refractivity contribution >= 4 is 19.9 Å². The van der Waals surface area contributed by atoms with E-state index in [2.05, 4.69) is 19.6 Å². The zero-order chi connectivity index (χ0) is 16.2. The number of fused-ring (bicyclic) bond motifs is 1. The average molecular weight is 321 g/mol. The smallest absolute Gasteiger partial charge is 0.261 e. The van der Waals surface area contributed by atoms with Crippen molar-refractivity contribution in [3.63, 3.8) is 0 Å². The molecule has 0 spiro atoms. The van der Waals surface area contributed by atoms with E-state index in [1.807, 2.05) is 0 Å². The van der Waals surface area contributed by atoms with Gasteiger partial charge in [0.05, 0.1) is 45.6 Å². The average Bonchev–Trinajstić information content (AvgIpc) is 2.70. The summed E-state index contributed by atoms with van der Waals surface area (Å²) in [5, 5.41) is 0. The Kier molecular flexibility index (Phi) is 5.50. The van der Waals surface area contributed by atoms with Crippen molar-refractivity contribution in [2.75, 3.05) is 32.6 Å².